The van der Waals surface area contributed by atoms with Crippen LogP contribution in [0.3, 0.4) is 0 Å². The van der Waals surface area contributed by atoms with Gasteiger partial charge in [-0.2, -0.15) is 0 Å². The zero-order valence-corrected chi connectivity index (χ0v) is 18.9. The number of hydrogen-bond acceptors (Lipinski definition) is 7. The predicted molar refractivity (Wildman–Crippen MR) is 119 cm³/mol. The number of nitrogen functional groups attached to an aromatic ring is 1. The molecule has 2 aromatic rings. The maximum absolute atomic E-state index is 12.7. The second-order valence-corrected chi connectivity index (χ2v) is 9.01. The lowest BCUT2D eigenvalue weighted by atomic mass is 10.1. The molecule has 9 nitrogen and oxygen atoms in total. The Morgan fingerprint density at radius 3 is 2.39 bits per heavy atom. The van der Waals surface area contributed by atoms with Gasteiger partial charge in [-0.25, -0.2) is 19.6 Å². The molecule has 0 aliphatic heterocycles. The van der Waals surface area contributed by atoms with Crippen molar-refractivity contribution in [3.8, 4) is 5.88 Å². The minimum atomic E-state index is -0.603. The van der Waals surface area contributed by atoms with E-state index in [1.54, 1.807) is 49.9 Å². The fourth-order valence-electron chi connectivity index (χ4n) is 2.62. The molecule has 0 spiro atoms. The predicted octanol–water partition coefficient (Wildman–Crippen LogP) is 4.25. The van der Waals surface area contributed by atoms with Gasteiger partial charge in [0, 0.05) is 30.3 Å². The Balaban J connectivity index is 2.04. The fraction of sp³-hybridized carbons (Fsp3) is 0.455. The zero-order chi connectivity index (χ0) is 23.2. The number of nitrogens with two attached hydrogens (primary N) is 1. The number of hydrogen-bond donors (Lipinski definition) is 2. The lowest BCUT2D eigenvalue weighted by Crippen LogP contribution is -2.48. The number of nitrogens with zero attached hydrogens (tertiary/aromatic N) is 3. The first kappa shape index (κ1) is 23.9. The van der Waals surface area contributed by atoms with Gasteiger partial charge in [0.25, 0.3) is 0 Å². The van der Waals surface area contributed by atoms with Gasteiger partial charge in [-0.15, -0.1) is 0 Å². The molecule has 0 saturated heterocycles. The highest BCUT2D eigenvalue weighted by atomic mass is 16.6. The molecule has 0 aliphatic carbocycles. The van der Waals surface area contributed by atoms with Crippen LogP contribution in [-0.4, -0.2) is 44.7 Å². The minimum Gasteiger partial charge on any atom is -0.444 e. The summed E-state index contributed by atoms with van der Waals surface area (Å²) in [5.41, 5.74) is 5.72. The quantitative estimate of drug-likeness (QED) is 0.729. The first-order valence-corrected chi connectivity index (χ1v) is 10.0. The summed E-state index contributed by atoms with van der Waals surface area (Å²) in [5, 5.41) is 2.62. The molecule has 0 unspecified atom stereocenters. The average molecular weight is 430 g/mol. The third-order valence-electron chi connectivity index (χ3n) is 4.01. The smallest absolute Gasteiger partial charge is 0.417 e. The fourth-order valence-corrected chi connectivity index (χ4v) is 2.62. The molecule has 2 aromatic heterocycles. The van der Waals surface area contributed by atoms with E-state index in [9.17, 15) is 9.59 Å². The van der Waals surface area contributed by atoms with Crippen LogP contribution in [0.5, 0.6) is 5.88 Å². The molecule has 2 heterocycles. The van der Waals surface area contributed by atoms with Gasteiger partial charge in [0.2, 0.25) is 5.88 Å². The molecule has 0 bridgehead atoms. The van der Waals surface area contributed by atoms with Crippen LogP contribution in [0.25, 0.3) is 0 Å². The first-order valence-electron chi connectivity index (χ1n) is 10.0. The minimum absolute atomic E-state index is 0.176. The molecule has 0 saturated carbocycles. The second kappa shape index (κ2) is 9.63. The Hall–Kier alpha value is -3.36. The van der Waals surface area contributed by atoms with E-state index < -0.39 is 23.3 Å². The van der Waals surface area contributed by atoms with Gasteiger partial charge < -0.3 is 20.1 Å². The van der Waals surface area contributed by atoms with Crippen molar-refractivity contribution in [1.29, 1.82) is 0 Å². The molecular weight excluding hydrogens is 398 g/mol. The van der Waals surface area contributed by atoms with Crippen molar-refractivity contribution in [3.63, 3.8) is 0 Å². The number of carbonyl (C=O) groups excluding carboxylic acids is 2. The zero-order valence-electron chi connectivity index (χ0n) is 18.9. The first-order chi connectivity index (χ1) is 14.3. The molecule has 9 heteroatoms. The van der Waals surface area contributed by atoms with Gasteiger partial charge in [0.15, 0.2) is 0 Å². The molecule has 2 rings (SSSR count). The topological polar surface area (TPSA) is 120 Å². The summed E-state index contributed by atoms with van der Waals surface area (Å²) < 4.78 is 10.6. The van der Waals surface area contributed by atoms with Crippen LogP contribution in [0, 0.1) is 0 Å². The van der Waals surface area contributed by atoms with Crippen LogP contribution in [0.4, 0.5) is 21.1 Å². The number of carbonyl (C=O) groups is 2. The molecule has 0 aliphatic rings. The van der Waals surface area contributed by atoms with Gasteiger partial charge in [0.05, 0.1) is 11.9 Å². The number of nitrogens with one attached hydrogen (secondary N) is 1. The SMILES string of the molecule is CC(C)(C)OC(=O)Nc1cccc(CCN(C(=O)Oc2ccc(N)cn2)C(C)(C)C)n1. The Bertz CT molecular complexity index is 901. The number of amides is 2. The van der Waals surface area contributed by atoms with E-state index in [2.05, 4.69) is 15.3 Å². The van der Waals surface area contributed by atoms with E-state index in [0.717, 1.165) is 0 Å². The van der Waals surface area contributed by atoms with Crippen molar-refractivity contribution in [2.75, 3.05) is 17.6 Å². The highest BCUT2D eigenvalue weighted by molar-refractivity contribution is 5.83. The van der Waals surface area contributed by atoms with Crippen molar-refractivity contribution in [1.82, 2.24) is 14.9 Å². The van der Waals surface area contributed by atoms with Crippen LogP contribution in [0.1, 0.15) is 47.2 Å². The van der Waals surface area contributed by atoms with E-state index in [0.29, 0.717) is 30.2 Å². The highest BCUT2D eigenvalue weighted by Gasteiger charge is 2.28. The molecule has 168 valence electrons. The monoisotopic (exact) mass is 429 g/mol. The lowest BCUT2D eigenvalue weighted by Gasteiger charge is -2.34. The molecule has 0 atom stereocenters. The second-order valence-electron chi connectivity index (χ2n) is 9.01. The van der Waals surface area contributed by atoms with E-state index in [1.165, 1.54) is 6.20 Å². The Morgan fingerprint density at radius 1 is 1.10 bits per heavy atom. The van der Waals surface area contributed by atoms with Crippen LogP contribution in [0.2, 0.25) is 0 Å². The van der Waals surface area contributed by atoms with Crippen LogP contribution in [0.15, 0.2) is 36.5 Å². The van der Waals surface area contributed by atoms with Gasteiger partial charge in [-0.05, 0) is 59.7 Å². The summed E-state index contributed by atoms with van der Waals surface area (Å²) in [4.78, 5) is 34.8. The third kappa shape index (κ3) is 8.12. The number of anilines is 2. The van der Waals surface area contributed by atoms with Gasteiger partial charge in [-0.3, -0.25) is 5.32 Å². The maximum atomic E-state index is 12.7. The van der Waals surface area contributed by atoms with Crippen molar-refractivity contribution in [3.05, 3.63) is 42.2 Å². The number of ether oxygens (including phenoxy) is 2. The van der Waals surface area contributed by atoms with Crippen molar-refractivity contribution < 1.29 is 19.1 Å². The van der Waals surface area contributed by atoms with Gasteiger partial charge in [-0.1, -0.05) is 6.07 Å². The Labute approximate surface area is 183 Å². The number of rotatable bonds is 5. The standard InChI is InChI=1S/C22H31N5O4/c1-21(2,3)27(20(29)30-18-11-10-15(23)14-24-18)13-12-16-8-7-9-17(25-16)26-19(28)31-22(4,5)6/h7-11,14H,12-13,23H2,1-6H3,(H,25,26,28). The van der Waals surface area contributed by atoms with Crippen molar-refractivity contribution in [2.24, 2.45) is 0 Å². The lowest BCUT2D eigenvalue weighted by molar-refractivity contribution is 0.0635. The molecule has 0 fully saturated rings. The summed E-state index contributed by atoms with van der Waals surface area (Å²) in [6.45, 7) is 11.5. The maximum Gasteiger partial charge on any atom is 0.417 e. The van der Waals surface area contributed by atoms with Gasteiger partial charge in [0.1, 0.15) is 11.4 Å². The summed E-state index contributed by atoms with van der Waals surface area (Å²) in [6, 6.07) is 8.45. The summed E-state index contributed by atoms with van der Waals surface area (Å²) in [6.07, 6.45) is 0.795. The summed E-state index contributed by atoms with van der Waals surface area (Å²) >= 11 is 0. The Morgan fingerprint density at radius 2 is 1.81 bits per heavy atom. The van der Waals surface area contributed by atoms with Crippen LogP contribution >= 0.6 is 0 Å². The van der Waals surface area contributed by atoms with E-state index in [4.69, 9.17) is 15.2 Å². The molecule has 3 N–H and O–H groups in total. The van der Waals surface area contributed by atoms with Crippen molar-refractivity contribution >= 4 is 23.7 Å². The average Bonchev–Trinajstić information content (AvgIpc) is 2.61. The van der Waals surface area contributed by atoms with E-state index in [-0.39, 0.29) is 5.88 Å². The molecular formula is C22H31N5O4. The molecule has 0 aromatic carbocycles. The largest absolute Gasteiger partial charge is 0.444 e. The van der Waals surface area contributed by atoms with Crippen LogP contribution in [-0.2, 0) is 11.2 Å². The molecule has 31 heavy (non-hydrogen) atoms. The number of aromatic nitrogens is 2. The van der Waals surface area contributed by atoms with Crippen LogP contribution < -0.4 is 15.8 Å². The van der Waals surface area contributed by atoms with E-state index in [1.807, 2.05) is 26.8 Å². The molecule has 2 amide bonds. The normalized spacial score (nSPS) is 11.5. The highest BCUT2D eigenvalue weighted by Crippen LogP contribution is 2.18. The van der Waals surface area contributed by atoms with Crippen molar-refractivity contribution in [2.45, 2.75) is 59.1 Å². The summed E-state index contributed by atoms with van der Waals surface area (Å²) in [7, 11) is 0. The Kier molecular flexibility index (Phi) is 7.43. The van der Waals surface area contributed by atoms with E-state index >= 15 is 0 Å². The number of pyridine rings is 2. The summed E-state index contributed by atoms with van der Waals surface area (Å²) in [5.74, 6) is 0.554. The molecule has 0 radical (unpaired) electrons. The van der Waals surface area contributed by atoms with Gasteiger partial charge >= 0.3 is 12.2 Å². The third-order valence-corrected chi connectivity index (χ3v) is 4.01.